The van der Waals surface area contributed by atoms with Gasteiger partial charge in [0, 0.05) is 12.0 Å². The van der Waals surface area contributed by atoms with E-state index < -0.39 is 0 Å². The standard InChI is InChI=1S/C10H19N3O2/c1-10(2,3)9-11-8(15-12-9)7-13(4)5-6-14/h14H,5-7H2,1-4H3. The van der Waals surface area contributed by atoms with Gasteiger partial charge in [-0.25, -0.2) is 0 Å². The van der Waals surface area contributed by atoms with E-state index in [1.54, 1.807) is 0 Å². The Morgan fingerprint density at radius 3 is 2.53 bits per heavy atom. The summed E-state index contributed by atoms with van der Waals surface area (Å²) in [5.41, 5.74) is -0.0860. The van der Waals surface area contributed by atoms with Crippen molar-refractivity contribution in [3.8, 4) is 0 Å². The third-order valence-electron chi connectivity index (χ3n) is 2.03. The van der Waals surface area contributed by atoms with Crippen LogP contribution in [0.5, 0.6) is 0 Å². The normalized spacial score (nSPS) is 12.4. The topological polar surface area (TPSA) is 62.4 Å². The summed E-state index contributed by atoms with van der Waals surface area (Å²) in [5.74, 6) is 1.31. The van der Waals surface area contributed by atoms with Gasteiger partial charge in [0.25, 0.3) is 0 Å². The van der Waals surface area contributed by atoms with Crippen molar-refractivity contribution < 1.29 is 9.63 Å². The van der Waals surface area contributed by atoms with Crippen LogP contribution in [0.4, 0.5) is 0 Å². The van der Waals surface area contributed by atoms with Gasteiger partial charge >= 0.3 is 0 Å². The fourth-order valence-corrected chi connectivity index (χ4v) is 1.10. The molecule has 1 aromatic rings. The fourth-order valence-electron chi connectivity index (χ4n) is 1.10. The van der Waals surface area contributed by atoms with Crippen LogP contribution in [-0.2, 0) is 12.0 Å². The SMILES string of the molecule is CN(CCO)Cc1nc(C(C)(C)C)no1. The van der Waals surface area contributed by atoms with Crippen LogP contribution in [-0.4, -0.2) is 40.3 Å². The zero-order valence-corrected chi connectivity index (χ0v) is 9.82. The molecule has 0 aliphatic heterocycles. The Morgan fingerprint density at radius 2 is 2.07 bits per heavy atom. The Hall–Kier alpha value is -0.940. The molecule has 0 saturated carbocycles. The van der Waals surface area contributed by atoms with Gasteiger partial charge in [0.15, 0.2) is 5.82 Å². The fraction of sp³-hybridized carbons (Fsp3) is 0.800. The average molecular weight is 213 g/mol. The first-order valence-corrected chi connectivity index (χ1v) is 5.06. The van der Waals surface area contributed by atoms with Crippen LogP contribution in [0, 0.1) is 0 Å². The minimum absolute atomic E-state index is 0.0860. The Kier molecular flexibility index (Phi) is 3.82. The van der Waals surface area contributed by atoms with E-state index in [9.17, 15) is 0 Å². The predicted octanol–water partition coefficient (Wildman–Crippen LogP) is 0.791. The molecular weight excluding hydrogens is 194 g/mol. The molecule has 0 bridgehead atoms. The Bertz CT molecular complexity index is 304. The summed E-state index contributed by atoms with van der Waals surface area (Å²) in [5, 5.41) is 12.7. The predicted molar refractivity (Wildman–Crippen MR) is 56.4 cm³/mol. The summed E-state index contributed by atoms with van der Waals surface area (Å²) >= 11 is 0. The highest BCUT2D eigenvalue weighted by Crippen LogP contribution is 2.18. The van der Waals surface area contributed by atoms with Crippen LogP contribution in [0.3, 0.4) is 0 Å². The van der Waals surface area contributed by atoms with Crippen LogP contribution in [0.15, 0.2) is 4.52 Å². The summed E-state index contributed by atoms with van der Waals surface area (Å²) in [6, 6.07) is 0. The van der Waals surface area contributed by atoms with Crippen LogP contribution < -0.4 is 0 Å². The lowest BCUT2D eigenvalue weighted by Crippen LogP contribution is -2.22. The molecule has 0 spiro atoms. The highest BCUT2D eigenvalue weighted by Gasteiger charge is 2.21. The first kappa shape index (κ1) is 12.1. The summed E-state index contributed by atoms with van der Waals surface area (Å²) in [6.45, 7) is 7.44. The molecular formula is C10H19N3O2. The molecule has 0 saturated heterocycles. The molecule has 0 aliphatic carbocycles. The van der Waals surface area contributed by atoms with Crippen molar-refractivity contribution in [2.75, 3.05) is 20.2 Å². The van der Waals surface area contributed by atoms with Gasteiger partial charge in [-0.05, 0) is 7.05 Å². The maximum atomic E-state index is 8.74. The van der Waals surface area contributed by atoms with Crippen molar-refractivity contribution in [2.45, 2.75) is 32.7 Å². The smallest absolute Gasteiger partial charge is 0.240 e. The zero-order chi connectivity index (χ0) is 11.5. The first-order valence-electron chi connectivity index (χ1n) is 5.06. The number of aromatic nitrogens is 2. The number of aliphatic hydroxyl groups excluding tert-OH is 1. The van der Waals surface area contributed by atoms with Gasteiger partial charge in [0.2, 0.25) is 5.89 Å². The molecule has 0 unspecified atom stereocenters. The molecule has 0 amide bonds. The molecule has 15 heavy (non-hydrogen) atoms. The van der Waals surface area contributed by atoms with E-state index in [0.29, 0.717) is 19.0 Å². The molecule has 0 fully saturated rings. The lowest BCUT2D eigenvalue weighted by Gasteiger charge is -2.12. The molecule has 86 valence electrons. The minimum Gasteiger partial charge on any atom is -0.395 e. The molecule has 0 aliphatic rings. The summed E-state index contributed by atoms with van der Waals surface area (Å²) in [4.78, 5) is 6.23. The van der Waals surface area contributed by atoms with Gasteiger partial charge in [-0.3, -0.25) is 4.90 Å². The maximum Gasteiger partial charge on any atom is 0.240 e. The summed E-state index contributed by atoms with van der Waals surface area (Å²) in [7, 11) is 1.90. The maximum absolute atomic E-state index is 8.74. The van der Waals surface area contributed by atoms with E-state index in [1.165, 1.54) is 0 Å². The monoisotopic (exact) mass is 213 g/mol. The van der Waals surface area contributed by atoms with Crippen LogP contribution in [0.25, 0.3) is 0 Å². The molecule has 1 rings (SSSR count). The second-order valence-corrected chi connectivity index (χ2v) is 4.72. The number of hydrogen-bond donors (Lipinski definition) is 1. The highest BCUT2D eigenvalue weighted by atomic mass is 16.5. The lowest BCUT2D eigenvalue weighted by molar-refractivity contribution is 0.200. The van der Waals surface area contributed by atoms with E-state index in [2.05, 4.69) is 10.1 Å². The zero-order valence-electron chi connectivity index (χ0n) is 9.82. The largest absolute Gasteiger partial charge is 0.395 e. The molecule has 0 atom stereocenters. The quantitative estimate of drug-likeness (QED) is 0.801. The van der Waals surface area contributed by atoms with Crippen molar-refractivity contribution >= 4 is 0 Å². The van der Waals surface area contributed by atoms with Crippen molar-refractivity contribution in [2.24, 2.45) is 0 Å². The van der Waals surface area contributed by atoms with Crippen molar-refractivity contribution in [3.05, 3.63) is 11.7 Å². The molecule has 1 heterocycles. The van der Waals surface area contributed by atoms with E-state index >= 15 is 0 Å². The molecule has 1 aromatic heterocycles. The van der Waals surface area contributed by atoms with Gasteiger partial charge in [-0.1, -0.05) is 25.9 Å². The van der Waals surface area contributed by atoms with Gasteiger partial charge in [0.05, 0.1) is 13.2 Å². The molecule has 0 radical (unpaired) electrons. The van der Waals surface area contributed by atoms with Crippen molar-refractivity contribution in [1.29, 1.82) is 0 Å². The third-order valence-corrected chi connectivity index (χ3v) is 2.03. The van der Waals surface area contributed by atoms with Gasteiger partial charge in [-0.15, -0.1) is 0 Å². The summed E-state index contributed by atoms with van der Waals surface area (Å²) in [6.07, 6.45) is 0. The third kappa shape index (κ3) is 3.60. The average Bonchev–Trinajstić information content (AvgIpc) is 2.52. The Morgan fingerprint density at radius 1 is 1.40 bits per heavy atom. The Balaban J connectivity index is 2.61. The van der Waals surface area contributed by atoms with E-state index in [4.69, 9.17) is 9.63 Å². The lowest BCUT2D eigenvalue weighted by atomic mass is 9.96. The number of nitrogens with zero attached hydrogens (tertiary/aromatic N) is 3. The number of hydrogen-bond acceptors (Lipinski definition) is 5. The number of aliphatic hydroxyl groups is 1. The molecule has 1 N–H and O–H groups in total. The molecule has 5 heteroatoms. The van der Waals surface area contributed by atoms with Gasteiger partial charge in [-0.2, -0.15) is 4.98 Å². The van der Waals surface area contributed by atoms with Crippen LogP contribution >= 0.6 is 0 Å². The number of rotatable bonds is 4. The van der Waals surface area contributed by atoms with Crippen LogP contribution in [0.1, 0.15) is 32.5 Å². The van der Waals surface area contributed by atoms with Gasteiger partial charge < -0.3 is 9.63 Å². The second-order valence-electron chi connectivity index (χ2n) is 4.72. The first-order chi connectivity index (χ1) is 6.93. The van der Waals surface area contributed by atoms with E-state index in [-0.39, 0.29) is 12.0 Å². The van der Waals surface area contributed by atoms with Crippen molar-refractivity contribution in [3.63, 3.8) is 0 Å². The molecule has 0 aromatic carbocycles. The highest BCUT2D eigenvalue weighted by molar-refractivity contribution is 4.99. The van der Waals surface area contributed by atoms with E-state index in [1.807, 2.05) is 32.7 Å². The van der Waals surface area contributed by atoms with Crippen LogP contribution in [0.2, 0.25) is 0 Å². The second kappa shape index (κ2) is 4.72. The molecule has 5 nitrogen and oxygen atoms in total. The minimum atomic E-state index is -0.0860. The number of likely N-dealkylation sites (N-methyl/N-ethyl adjacent to an activating group) is 1. The summed E-state index contributed by atoms with van der Waals surface area (Å²) < 4.78 is 5.12. The van der Waals surface area contributed by atoms with E-state index in [0.717, 1.165) is 5.82 Å². The van der Waals surface area contributed by atoms with Gasteiger partial charge in [0.1, 0.15) is 0 Å². The van der Waals surface area contributed by atoms with Crippen molar-refractivity contribution in [1.82, 2.24) is 15.0 Å². The Labute approximate surface area is 90.1 Å².